The molecule has 2 unspecified atom stereocenters. The monoisotopic (exact) mass is 353 g/mol. The van der Waals surface area contributed by atoms with Crippen molar-refractivity contribution in [1.29, 1.82) is 0 Å². The van der Waals surface area contributed by atoms with E-state index in [1.165, 1.54) is 25.7 Å². The molecule has 0 spiro atoms. The van der Waals surface area contributed by atoms with Crippen molar-refractivity contribution in [2.24, 2.45) is 17.4 Å². The Kier molecular flexibility index (Phi) is 5.65. The third kappa shape index (κ3) is 3.58. The van der Waals surface area contributed by atoms with Crippen LogP contribution in [0.2, 0.25) is 0 Å². The van der Waals surface area contributed by atoms with Crippen LogP contribution < -0.4 is 16.4 Å². The molecule has 0 saturated heterocycles. The lowest BCUT2D eigenvalue weighted by molar-refractivity contribution is 0.0999. The van der Waals surface area contributed by atoms with Crippen LogP contribution in [-0.4, -0.2) is 25.0 Å². The van der Waals surface area contributed by atoms with Gasteiger partial charge in [0.25, 0.3) is 0 Å². The molecule has 1 aliphatic carbocycles. The van der Waals surface area contributed by atoms with Crippen LogP contribution in [0.4, 0.5) is 5.69 Å². The summed E-state index contributed by atoms with van der Waals surface area (Å²) in [5.74, 6) is 0.141. The van der Waals surface area contributed by atoms with Crippen molar-refractivity contribution < 1.29 is 4.79 Å². The maximum atomic E-state index is 11.3. The van der Waals surface area contributed by atoms with Gasteiger partial charge in [0.15, 0.2) is 0 Å². The first-order valence-corrected chi connectivity index (χ1v) is 8.43. The Morgan fingerprint density at radius 3 is 2.67 bits per heavy atom. The van der Waals surface area contributed by atoms with Gasteiger partial charge < -0.3 is 16.4 Å². The van der Waals surface area contributed by atoms with Gasteiger partial charge in [-0.15, -0.1) is 0 Å². The molecule has 1 aromatic rings. The molecule has 5 heteroatoms. The van der Waals surface area contributed by atoms with Crippen LogP contribution in [-0.2, 0) is 0 Å². The van der Waals surface area contributed by atoms with Gasteiger partial charge in [-0.05, 0) is 66.4 Å². The minimum Gasteiger partial charge on any atom is -0.368 e. The van der Waals surface area contributed by atoms with Gasteiger partial charge >= 0.3 is 0 Å². The second kappa shape index (κ2) is 7.27. The van der Waals surface area contributed by atoms with Gasteiger partial charge in [0.05, 0.1) is 5.56 Å². The van der Waals surface area contributed by atoms with Crippen LogP contribution in [0.25, 0.3) is 0 Å². The Bertz CT molecular complexity index is 506. The predicted octanol–water partition coefficient (Wildman–Crippen LogP) is 2.89. The molecule has 0 heterocycles. The molecule has 1 aromatic carbocycles. The first-order valence-electron chi connectivity index (χ1n) is 7.64. The number of nitrogens with two attached hydrogens (primary N) is 2. The van der Waals surface area contributed by atoms with Gasteiger partial charge in [0, 0.05) is 22.7 Å². The van der Waals surface area contributed by atoms with E-state index < -0.39 is 5.91 Å². The molecule has 0 aliphatic heterocycles. The summed E-state index contributed by atoms with van der Waals surface area (Å²) < 4.78 is 0.756. The molecule has 1 aliphatic rings. The largest absolute Gasteiger partial charge is 0.368 e. The first-order chi connectivity index (χ1) is 10.1. The molecule has 2 atom stereocenters. The molecule has 2 rings (SSSR count). The number of carbonyl (C=O) groups excluding carboxylic acids is 1. The minimum absolute atomic E-state index is 0.408. The summed E-state index contributed by atoms with van der Waals surface area (Å²) in [4.78, 5) is 13.7. The van der Waals surface area contributed by atoms with E-state index in [0.717, 1.165) is 23.2 Å². The summed E-state index contributed by atoms with van der Waals surface area (Å²) in [6, 6.07) is 6.26. The molecule has 0 aromatic heterocycles. The van der Waals surface area contributed by atoms with Crippen LogP contribution >= 0.6 is 15.9 Å². The second-order valence-corrected chi connectivity index (χ2v) is 6.52. The number of hydrogen-bond acceptors (Lipinski definition) is 3. The Hall–Kier alpha value is -1.07. The number of anilines is 1. The third-order valence-electron chi connectivity index (χ3n) is 4.46. The van der Waals surface area contributed by atoms with Crippen molar-refractivity contribution in [3.63, 3.8) is 0 Å². The quantitative estimate of drug-likeness (QED) is 0.854. The Balaban J connectivity index is 2.28. The number of carbonyl (C=O) groups is 1. The highest BCUT2D eigenvalue weighted by Gasteiger charge is 2.29. The summed E-state index contributed by atoms with van der Waals surface area (Å²) in [6.45, 7) is 3.84. The SMILES string of the molecule is CCN(c1ccc(C(N)=O)c(Br)c1)C1CCCCC1CN. The number of primary amides is 1. The number of benzene rings is 1. The number of nitrogens with zero attached hydrogens (tertiary/aromatic N) is 1. The van der Waals surface area contributed by atoms with Gasteiger partial charge in [-0.25, -0.2) is 0 Å². The standard InChI is InChI=1S/C16H24BrN3O/c1-2-20(15-6-4-3-5-11(15)10-18)12-7-8-13(16(19)21)14(17)9-12/h7-9,11,15H,2-6,10,18H2,1H3,(H2,19,21). The molecule has 0 bridgehead atoms. The molecule has 1 saturated carbocycles. The fraction of sp³-hybridized carbons (Fsp3) is 0.562. The van der Waals surface area contributed by atoms with Crippen LogP contribution in [0.5, 0.6) is 0 Å². The van der Waals surface area contributed by atoms with Crippen molar-refractivity contribution in [2.75, 3.05) is 18.0 Å². The topological polar surface area (TPSA) is 72.3 Å². The van der Waals surface area contributed by atoms with E-state index in [-0.39, 0.29) is 0 Å². The summed E-state index contributed by atoms with van der Waals surface area (Å²) >= 11 is 3.45. The molecular weight excluding hydrogens is 330 g/mol. The summed E-state index contributed by atoms with van der Waals surface area (Å²) in [5, 5.41) is 0. The Morgan fingerprint density at radius 2 is 2.10 bits per heavy atom. The highest BCUT2D eigenvalue weighted by Crippen LogP contribution is 2.33. The first kappa shape index (κ1) is 16.3. The van der Waals surface area contributed by atoms with Crippen LogP contribution in [0, 0.1) is 5.92 Å². The lowest BCUT2D eigenvalue weighted by Gasteiger charge is -2.40. The van der Waals surface area contributed by atoms with Gasteiger partial charge in [-0.2, -0.15) is 0 Å². The van der Waals surface area contributed by atoms with Crippen LogP contribution in [0.1, 0.15) is 43.0 Å². The molecule has 4 nitrogen and oxygen atoms in total. The Morgan fingerprint density at radius 1 is 1.38 bits per heavy atom. The molecule has 4 N–H and O–H groups in total. The molecule has 21 heavy (non-hydrogen) atoms. The zero-order valence-corrected chi connectivity index (χ0v) is 14.1. The van der Waals surface area contributed by atoms with Gasteiger partial charge in [-0.3, -0.25) is 4.79 Å². The molecule has 1 fully saturated rings. The molecule has 116 valence electrons. The maximum Gasteiger partial charge on any atom is 0.249 e. The van der Waals surface area contributed by atoms with Gasteiger partial charge in [-0.1, -0.05) is 12.8 Å². The number of halogens is 1. The molecule has 0 radical (unpaired) electrons. The average Bonchev–Trinajstić information content (AvgIpc) is 2.48. The van der Waals surface area contributed by atoms with E-state index in [1.807, 2.05) is 12.1 Å². The second-order valence-electron chi connectivity index (χ2n) is 5.66. The number of hydrogen-bond donors (Lipinski definition) is 2. The lowest BCUT2D eigenvalue weighted by atomic mass is 9.83. The summed E-state index contributed by atoms with van der Waals surface area (Å²) in [5.41, 5.74) is 13.0. The van der Waals surface area contributed by atoms with E-state index in [2.05, 4.69) is 27.8 Å². The average molecular weight is 354 g/mol. The summed E-state index contributed by atoms with van der Waals surface area (Å²) in [7, 11) is 0. The van der Waals surface area contributed by atoms with Crippen molar-refractivity contribution in [3.8, 4) is 0 Å². The smallest absolute Gasteiger partial charge is 0.249 e. The van der Waals surface area contributed by atoms with Crippen molar-refractivity contribution in [2.45, 2.75) is 38.6 Å². The lowest BCUT2D eigenvalue weighted by Crippen LogP contribution is -2.45. The Labute approximate surface area is 135 Å². The zero-order valence-electron chi connectivity index (χ0n) is 12.5. The van der Waals surface area contributed by atoms with Crippen molar-refractivity contribution >= 4 is 27.5 Å². The van der Waals surface area contributed by atoms with Crippen molar-refractivity contribution in [1.82, 2.24) is 0 Å². The van der Waals surface area contributed by atoms with Crippen LogP contribution in [0.3, 0.4) is 0 Å². The predicted molar refractivity (Wildman–Crippen MR) is 90.5 cm³/mol. The zero-order chi connectivity index (χ0) is 15.4. The summed E-state index contributed by atoms with van der Waals surface area (Å²) in [6.07, 6.45) is 4.93. The highest BCUT2D eigenvalue weighted by molar-refractivity contribution is 9.10. The highest BCUT2D eigenvalue weighted by atomic mass is 79.9. The fourth-order valence-corrected chi connectivity index (χ4v) is 3.93. The molecular formula is C16H24BrN3O. The maximum absolute atomic E-state index is 11.3. The third-order valence-corrected chi connectivity index (χ3v) is 5.12. The van der Waals surface area contributed by atoms with E-state index >= 15 is 0 Å². The van der Waals surface area contributed by atoms with Crippen LogP contribution in [0.15, 0.2) is 22.7 Å². The van der Waals surface area contributed by atoms with E-state index in [9.17, 15) is 4.79 Å². The van der Waals surface area contributed by atoms with Gasteiger partial charge in [0.1, 0.15) is 0 Å². The van der Waals surface area contributed by atoms with E-state index in [1.54, 1.807) is 6.07 Å². The van der Waals surface area contributed by atoms with Gasteiger partial charge in [0.2, 0.25) is 5.91 Å². The fourth-order valence-electron chi connectivity index (χ4n) is 3.36. The molecule has 1 amide bonds. The number of amides is 1. The normalized spacial score (nSPS) is 22.0. The number of rotatable bonds is 5. The van der Waals surface area contributed by atoms with E-state index in [0.29, 0.717) is 17.5 Å². The van der Waals surface area contributed by atoms with Crippen molar-refractivity contribution in [3.05, 3.63) is 28.2 Å². The minimum atomic E-state index is -0.408. The van der Waals surface area contributed by atoms with E-state index in [4.69, 9.17) is 11.5 Å².